The van der Waals surface area contributed by atoms with Crippen LogP contribution >= 0.6 is 0 Å². The van der Waals surface area contributed by atoms with Crippen LogP contribution in [-0.4, -0.2) is 7.05 Å². The van der Waals surface area contributed by atoms with Gasteiger partial charge in [-0.3, -0.25) is 0 Å². The number of hydrogen-bond acceptors (Lipinski definition) is 2. The summed E-state index contributed by atoms with van der Waals surface area (Å²) < 4.78 is 0. The molecule has 0 fully saturated rings. The minimum atomic E-state index is -0.408. The largest absolute Gasteiger partial charge is 0.312 e. The van der Waals surface area contributed by atoms with Crippen LogP contribution in [0.4, 0.5) is 0 Å². The minimum absolute atomic E-state index is 0.0677. The van der Waals surface area contributed by atoms with E-state index in [0.717, 1.165) is 0 Å². The summed E-state index contributed by atoms with van der Waals surface area (Å²) in [7, 11) is 1.91. The van der Waals surface area contributed by atoms with Crippen molar-refractivity contribution < 1.29 is 0 Å². The zero-order valence-electron chi connectivity index (χ0n) is 10.8. The average Bonchev–Trinajstić information content (AvgIpc) is 2.22. The van der Waals surface area contributed by atoms with Crippen molar-refractivity contribution in [2.24, 2.45) is 5.41 Å². The average molecular weight is 216 g/mol. The van der Waals surface area contributed by atoms with Crippen LogP contribution in [0.5, 0.6) is 0 Å². The zero-order valence-corrected chi connectivity index (χ0v) is 10.8. The molecule has 0 spiro atoms. The van der Waals surface area contributed by atoms with Gasteiger partial charge in [-0.05, 0) is 45.9 Å². The summed E-state index contributed by atoms with van der Waals surface area (Å²) in [6, 6.07) is 8.81. The van der Waals surface area contributed by atoms with E-state index >= 15 is 0 Å². The van der Waals surface area contributed by atoms with E-state index in [2.05, 4.69) is 43.4 Å². The van der Waals surface area contributed by atoms with Gasteiger partial charge in [0.1, 0.15) is 0 Å². The third-order valence-electron chi connectivity index (χ3n) is 3.03. The van der Waals surface area contributed by atoms with Crippen LogP contribution in [0.15, 0.2) is 18.2 Å². The van der Waals surface area contributed by atoms with E-state index in [0.29, 0.717) is 0 Å². The molecule has 86 valence electrons. The van der Waals surface area contributed by atoms with Crippen LogP contribution in [0.3, 0.4) is 0 Å². The molecule has 0 radical (unpaired) electrons. The molecule has 0 bridgehead atoms. The van der Waals surface area contributed by atoms with Gasteiger partial charge in [-0.15, -0.1) is 0 Å². The van der Waals surface area contributed by atoms with Crippen molar-refractivity contribution in [1.29, 1.82) is 5.26 Å². The van der Waals surface area contributed by atoms with Crippen LogP contribution in [0.2, 0.25) is 0 Å². The van der Waals surface area contributed by atoms with Gasteiger partial charge in [0, 0.05) is 0 Å². The molecule has 1 aromatic carbocycles. The predicted molar refractivity (Wildman–Crippen MR) is 67.1 cm³/mol. The maximum absolute atomic E-state index is 9.21. The first-order valence-electron chi connectivity index (χ1n) is 5.58. The molecule has 0 amide bonds. The highest BCUT2D eigenvalue weighted by Crippen LogP contribution is 2.34. The van der Waals surface area contributed by atoms with Gasteiger partial charge in [-0.2, -0.15) is 5.26 Å². The van der Waals surface area contributed by atoms with E-state index in [4.69, 9.17) is 0 Å². The van der Waals surface area contributed by atoms with Crippen molar-refractivity contribution in [3.8, 4) is 6.07 Å². The quantitative estimate of drug-likeness (QED) is 0.842. The van der Waals surface area contributed by atoms with Gasteiger partial charge in [0.2, 0.25) is 0 Å². The summed E-state index contributed by atoms with van der Waals surface area (Å²) >= 11 is 0. The van der Waals surface area contributed by atoms with Gasteiger partial charge in [0.05, 0.1) is 17.5 Å². The Labute approximate surface area is 98.3 Å². The fourth-order valence-electron chi connectivity index (χ4n) is 2.12. The number of nitrogens with zero attached hydrogens (tertiary/aromatic N) is 1. The van der Waals surface area contributed by atoms with Gasteiger partial charge < -0.3 is 5.32 Å². The molecule has 1 rings (SSSR count). The van der Waals surface area contributed by atoms with Gasteiger partial charge >= 0.3 is 0 Å². The van der Waals surface area contributed by atoms with Crippen molar-refractivity contribution >= 4 is 0 Å². The van der Waals surface area contributed by atoms with Gasteiger partial charge in [0.25, 0.3) is 0 Å². The van der Waals surface area contributed by atoms with Crippen molar-refractivity contribution in [2.45, 2.75) is 33.7 Å². The molecule has 16 heavy (non-hydrogen) atoms. The summed E-state index contributed by atoms with van der Waals surface area (Å²) in [5.41, 5.74) is 3.29. The lowest BCUT2D eigenvalue weighted by atomic mass is 9.80. The molecule has 1 N–H and O–H groups in total. The number of nitriles is 1. The Bertz CT molecular complexity index is 413. The van der Waals surface area contributed by atoms with Crippen LogP contribution in [-0.2, 0) is 0 Å². The Morgan fingerprint density at radius 1 is 1.31 bits per heavy atom. The Hall–Kier alpha value is -1.33. The predicted octanol–water partition coefficient (Wildman–Crippen LogP) is 3.11. The van der Waals surface area contributed by atoms with Crippen LogP contribution in [0.25, 0.3) is 0 Å². The molecule has 0 aliphatic rings. The zero-order chi connectivity index (χ0) is 12.3. The second-order valence-electron chi connectivity index (χ2n) is 4.92. The first kappa shape index (κ1) is 12.7. The summed E-state index contributed by atoms with van der Waals surface area (Å²) in [4.78, 5) is 0. The summed E-state index contributed by atoms with van der Waals surface area (Å²) in [6.07, 6.45) is 0. The van der Waals surface area contributed by atoms with E-state index in [1.54, 1.807) is 0 Å². The van der Waals surface area contributed by atoms with Crippen LogP contribution < -0.4 is 5.32 Å². The highest BCUT2D eigenvalue weighted by molar-refractivity contribution is 5.34. The maximum atomic E-state index is 9.21. The Morgan fingerprint density at radius 3 is 2.38 bits per heavy atom. The first-order chi connectivity index (χ1) is 7.42. The molecular weight excluding hydrogens is 196 g/mol. The van der Waals surface area contributed by atoms with Crippen molar-refractivity contribution in [1.82, 2.24) is 5.32 Å². The highest BCUT2D eigenvalue weighted by atomic mass is 14.9. The molecule has 0 heterocycles. The normalized spacial score (nSPS) is 13.2. The number of nitrogens with one attached hydrogen (secondary N) is 1. The van der Waals surface area contributed by atoms with Crippen LogP contribution in [0.1, 0.15) is 36.6 Å². The Kier molecular flexibility index (Phi) is 3.72. The second-order valence-corrected chi connectivity index (χ2v) is 4.92. The lowest BCUT2D eigenvalue weighted by molar-refractivity contribution is 0.343. The van der Waals surface area contributed by atoms with Gasteiger partial charge in [-0.1, -0.05) is 23.8 Å². The van der Waals surface area contributed by atoms with E-state index < -0.39 is 5.41 Å². The molecule has 1 aromatic rings. The number of aryl methyl sites for hydroxylation is 2. The summed E-state index contributed by atoms with van der Waals surface area (Å²) in [6.45, 7) is 8.11. The van der Waals surface area contributed by atoms with E-state index in [1.165, 1.54) is 16.7 Å². The highest BCUT2D eigenvalue weighted by Gasteiger charge is 2.30. The standard InChI is InChI=1S/C14H20N2/c1-10-6-7-12(11(2)8-10)13(16-5)14(3,4)9-15/h6-8,13,16H,1-5H3. The molecule has 2 heteroatoms. The molecule has 0 saturated carbocycles. The minimum Gasteiger partial charge on any atom is -0.312 e. The van der Waals surface area contributed by atoms with Gasteiger partial charge in [-0.25, -0.2) is 0 Å². The molecule has 1 atom stereocenters. The fourth-order valence-corrected chi connectivity index (χ4v) is 2.12. The Morgan fingerprint density at radius 2 is 1.94 bits per heavy atom. The summed E-state index contributed by atoms with van der Waals surface area (Å²) in [5.74, 6) is 0. The van der Waals surface area contributed by atoms with E-state index in [1.807, 2.05) is 20.9 Å². The fraction of sp³-hybridized carbons (Fsp3) is 0.500. The topological polar surface area (TPSA) is 35.8 Å². The number of rotatable bonds is 3. The lowest BCUT2D eigenvalue weighted by Crippen LogP contribution is -2.31. The molecular formula is C14H20N2. The van der Waals surface area contributed by atoms with Crippen molar-refractivity contribution in [3.63, 3.8) is 0 Å². The van der Waals surface area contributed by atoms with Crippen LogP contribution in [0, 0.1) is 30.6 Å². The maximum Gasteiger partial charge on any atom is 0.0712 e. The second kappa shape index (κ2) is 4.67. The first-order valence-corrected chi connectivity index (χ1v) is 5.58. The SMILES string of the molecule is CNC(c1ccc(C)cc1C)C(C)(C)C#N. The lowest BCUT2D eigenvalue weighted by Gasteiger charge is -2.29. The third-order valence-corrected chi connectivity index (χ3v) is 3.03. The molecule has 0 aliphatic heterocycles. The van der Waals surface area contributed by atoms with E-state index in [-0.39, 0.29) is 6.04 Å². The van der Waals surface area contributed by atoms with Crippen molar-refractivity contribution in [2.75, 3.05) is 7.05 Å². The molecule has 2 nitrogen and oxygen atoms in total. The molecule has 0 saturated heterocycles. The number of benzene rings is 1. The number of hydrogen-bond donors (Lipinski definition) is 1. The van der Waals surface area contributed by atoms with Crippen molar-refractivity contribution in [3.05, 3.63) is 34.9 Å². The molecule has 0 aliphatic carbocycles. The smallest absolute Gasteiger partial charge is 0.0712 e. The van der Waals surface area contributed by atoms with Gasteiger partial charge in [0.15, 0.2) is 0 Å². The monoisotopic (exact) mass is 216 g/mol. The summed E-state index contributed by atoms with van der Waals surface area (Å²) in [5, 5.41) is 12.5. The van der Waals surface area contributed by atoms with E-state index in [9.17, 15) is 5.26 Å². The Balaban J connectivity index is 3.20. The molecule has 0 aromatic heterocycles. The third kappa shape index (κ3) is 2.43. The molecule has 1 unspecified atom stereocenters.